The van der Waals surface area contributed by atoms with Gasteiger partial charge in [-0.1, -0.05) is 24.3 Å². The molecule has 0 aliphatic rings. The summed E-state index contributed by atoms with van der Waals surface area (Å²) in [5.41, 5.74) is 4.44. The number of nitrogens with zero attached hydrogens (tertiary/aromatic N) is 4. The molecule has 0 saturated carbocycles. The smallest absolute Gasteiger partial charge is 0.181 e. The van der Waals surface area contributed by atoms with Gasteiger partial charge >= 0.3 is 0 Å². The average Bonchev–Trinajstić information content (AvgIpc) is 2.39. The molecule has 1 aromatic carbocycles. The second-order valence-electron chi connectivity index (χ2n) is 3.77. The molecule has 2 heterocycles. The van der Waals surface area contributed by atoms with Gasteiger partial charge in [-0.3, -0.25) is 0 Å². The zero-order valence-corrected chi connectivity index (χ0v) is 9.33. The van der Waals surface area contributed by atoms with Gasteiger partial charge in [0.15, 0.2) is 5.65 Å². The molecule has 0 unspecified atom stereocenters. The van der Waals surface area contributed by atoms with E-state index in [2.05, 4.69) is 32.9 Å². The molecule has 0 amide bonds. The molecule has 3 aromatic rings. The van der Waals surface area contributed by atoms with Crippen molar-refractivity contribution in [1.82, 2.24) is 19.9 Å². The van der Waals surface area contributed by atoms with E-state index in [4.69, 9.17) is 0 Å². The highest BCUT2D eigenvalue weighted by atomic mass is 14.9. The van der Waals surface area contributed by atoms with E-state index in [1.54, 1.807) is 12.4 Å². The fourth-order valence-electron chi connectivity index (χ4n) is 1.83. The van der Waals surface area contributed by atoms with Crippen LogP contribution in [0.3, 0.4) is 0 Å². The molecule has 0 aliphatic carbocycles. The van der Waals surface area contributed by atoms with Gasteiger partial charge in [0.05, 0.1) is 0 Å². The minimum atomic E-state index is 0.626. The van der Waals surface area contributed by atoms with Crippen LogP contribution in [-0.2, 0) is 0 Å². The van der Waals surface area contributed by atoms with Gasteiger partial charge in [-0.25, -0.2) is 19.9 Å². The molecule has 0 N–H and O–H groups in total. The van der Waals surface area contributed by atoms with E-state index in [0.29, 0.717) is 5.65 Å². The molecular formula is C13H10N4. The van der Waals surface area contributed by atoms with Crippen molar-refractivity contribution in [2.45, 2.75) is 6.92 Å². The van der Waals surface area contributed by atoms with E-state index in [-0.39, 0.29) is 0 Å². The molecule has 17 heavy (non-hydrogen) atoms. The van der Waals surface area contributed by atoms with Crippen LogP contribution in [-0.4, -0.2) is 19.9 Å². The lowest BCUT2D eigenvalue weighted by molar-refractivity contribution is 1.15. The molecule has 82 valence electrons. The SMILES string of the molecule is Cc1ccccc1-c1ncnc2nccnc12. The monoisotopic (exact) mass is 222 g/mol. The Bertz CT molecular complexity index is 674. The molecule has 0 radical (unpaired) electrons. The van der Waals surface area contributed by atoms with Crippen LogP contribution < -0.4 is 0 Å². The van der Waals surface area contributed by atoms with E-state index in [9.17, 15) is 0 Å². The van der Waals surface area contributed by atoms with E-state index in [1.807, 2.05) is 18.2 Å². The normalized spacial score (nSPS) is 10.6. The molecule has 0 aliphatic heterocycles. The Morgan fingerprint density at radius 1 is 0.882 bits per heavy atom. The first-order valence-corrected chi connectivity index (χ1v) is 5.34. The lowest BCUT2D eigenvalue weighted by Crippen LogP contribution is -1.94. The summed E-state index contributed by atoms with van der Waals surface area (Å²) in [7, 11) is 0. The Kier molecular flexibility index (Phi) is 2.26. The molecule has 4 heteroatoms. The second-order valence-corrected chi connectivity index (χ2v) is 3.77. The molecule has 4 nitrogen and oxygen atoms in total. The third-order valence-corrected chi connectivity index (χ3v) is 2.67. The topological polar surface area (TPSA) is 51.6 Å². The van der Waals surface area contributed by atoms with E-state index in [0.717, 1.165) is 22.3 Å². The van der Waals surface area contributed by atoms with Crippen LogP contribution in [0.25, 0.3) is 22.4 Å². The Labute approximate surface area is 98.4 Å². The summed E-state index contributed by atoms with van der Waals surface area (Å²) in [5.74, 6) is 0. The van der Waals surface area contributed by atoms with Crippen molar-refractivity contribution >= 4 is 11.2 Å². The first kappa shape index (κ1) is 9.84. The quantitative estimate of drug-likeness (QED) is 0.634. The summed E-state index contributed by atoms with van der Waals surface area (Å²) < 4.78 is 0. The summed E-state index contributed by atoms with van der Waals surface area (Å²) in [6, 6.07) is 8.09. The highest BCUT2D eigenvalue weighted by molar-refractivity contribution is 5.87. The van der Waals surface area contributed by atoms with Gasteiger partial charge in [-0.2, -0.15) is 0 Å². The summed E-state index contributed by atoms with van der Waals surface area (Å²) in [5, 5.41) is 0. The molecule has 0 saturated heterocycles. The van der Waals surface area contributed by atoms with Crippen molar-refractivity contribution in [2.75, 3.05) is 0 Å². The number of rotatable bonds is 1. The first-order valence-electron chi connectivity index (χ1n) is 5.34. The third kappa shape index (κ3) is 1.63. The highest BCUT2D eigenvalue weighted by Gasteiger charge is 2.09. The summed E-state index contributed by atoms with van der Waals surface area (Å²) in [6.07, 6.45) is 4.82. The van der Waals surface area contributed by atoms with Gasteiger partial charge < -0.3 is 0 Å². The summed E-state index contributed by atoms with van der Waals surface area (Å²) >= 11 is 0. The predicted molar refractivity (Wildman–Crippen MR) is 65.3 cm³/mol. The van der Waals surface area contributed by atoms with Crippen molar-refractivity contribution in [3.8, 4) is 11.3 Å². The number of aromatic nitrogens is 4. The summed E-state index contributed by atoms with van der Waals surface area (Å²) in [6.45, 7) is 2.06. The van der Waals surface area contributed by atoms with Crippen LogP contribution in [0.15, 0.2) is 43.0 Å². The fourth-order valence-corrected chi connectivity index (χ4v) is 1.83. The standard InChI is InChI=1S/C13H10N4/c1-9-4-2-3-5-10(9)11-12-13(17-8-16-11)15-7-6-14-12/h2-8H,1H3. The number of benzene rings is 1. The highest BCUT2D eigenvalue weighted by Crippen LogP contribution is 2.25. The van der Waals surface area contributed by atoms with Crippen molar-refractivity contribution in [3.05, 3.63) is 48.5 Å². The predicted octanol–water partition coefficient (Wildman–Crippen LogP) is 2.40. The number of aryl methyl sites for hydroxylation is 1. The average molecular weight is 222 g/mol. The second kappa shape index (κ2) is 3.90. The fraction of sp³-hybridized carbons (Fsp3) is 0.0769. The van der Waals surface area contributed by atoms with Gasteiger partial charge in [0, 0.05) is 18.0 Å². The lowest BCUT2D eigenvalue weighted by Gasteiger charge is -2.06. The Balaban J connectivity index is 2.35. The van der Waals surface area contributed by atoms with Crippen molar-refractivity contribution in [3.63, 3.8) is 0 Å². The van der Waals surface area contributed by atoms with Crippen molar-refractivity contribution in [2.24, 2.45) is 0 Å². The summed E-state index contributed by atoms with van der Waals surface area (Å²) in [4.78, 5) is 16.9. The molecule has 0 fully saturated rings. The molecule has 0 spiro atoms. The molecule has 0 atom stereocenters. The van der Waals surface area contributed by atoms with Gasteiger partial charge in [-0.05, 0) is 12.5 Å². The molecule has 2 aromatic heterocycles. The van der Waals surface area contributed by atoms with E-state index >= 15 is 0 Å². The van der Waals surface area contributed by atoms with Gasteiger partial charge in [-0.15, -0.1) is 0 Å². The van der Waals surface area contributed by atoms with Crippen LogP contribution in [0, 0.1) is 6.92 Å². The van der Waals surface area contributed by atoms with Crippen LogP contribution >= 0.6 is 0 Å². The van der Waals surface area contributed by atoms with Crippen molar-refractivity contribution in [1.29, 1.82) is 0 Å². The van der Waals surface area contributed by atoms with Gasteiger partial charge in [0.2, 0.25) is 0 Å². The Morgan fingerprint density at radius 2 is 1.71 bits per heavy atom. The molecule has 0 bridgehead atoms. The number of hydrogen-bond acceptors (Lipinski definition) is 4. The molecular weight excluding hydrogens is 212 g/mol. The van der Waals surface area contributed by atoms with Crippen molar-refractivity contribution < 1.29 is 0 Å². The number of hydrogen-bond donors (Lipinski definition) is 0. The maximum atomic E-state index is 4.32. The zero-order valence-electron chi connectivity index (χ0n) is 9.33. The minimum Gasteiger partial charge on any atom is -0.249 e. The zero-order chi connectivity index (χ0) is 11.7. The van der Waals surface area contributed by atoms with Crippen LogP contribution in [0.1, 0.15) is 5.56 Å². The van der Waals surface area contributed by atoms with Crippen LogP contribution in [0.5, 0.6) is 0 Å². The Hall–Kier alpha value is -2.36. The lowest BCUT2D eigenvalue weighted by atomic mass is 10.1. The maximum Gasteiger partial charge on any atom is 0.181 e. The van der Waals surface area contributed by atoms with Crippen LogP contribution in [0.2, 0.25) is 0 Å². The van der Waals surface area contributed by atoms with Gasteiger partial charge in [0.1, 0.15) is 17.5 Å². The Morgan fingerprint density at radius 3 is 2.59 bits per heavy atom. The van der Waals surface area contributed by atoms with E-state index in [1.165, 1.54) is 6.33 Å². The number of fused-ring (bicyclic) bond motifs is 1. The first-order chi connectivity index (χ1) is 8.36. The molecule has 3 rings (SSSR count). The largest absolute Gasteiger partial charge is 0.249 e. The maximum absolute atomic E-state index is 4.32. The third-order valence-electron chi connectivity index (χ3n) is 2.67. The minimum absolute atomic E-state index is 0.626. The van der Waals surface area contributed by atoms with Gasteiger partial charge in [0.25, 0.3) is 0 Å². The van der Waals surface area contributed by atoms with Crippen LogP contribution in [0.4, 0.5) is 0 Å². The van der Waals surface area contributed by atoms with E-state index < -0.39 is 0 Å².